The van der Waals surface area contributed by atoms with Gasteiger partial charge in [0.1, 0.15) is 28.2 Å². The fourth-order valence-corrected chi connectivity index (χ4v) is 3.20. The highest BCUT2D eigenvalue weighted by molar-refractivity contribution is 7.90. The van der Waals surface area contributed by atoms with E-state index in [2.05, 4.69) is 15.4 Å². The van der Waals surface area contributed by atoms with E-state index in [1.54, 1.807) is 19.1 Å². The van der Waals surface area contributed by atoms with Gasteiger partial charge in [-0.25, -0.2) is 18.1 Å². The molecule has 0 bridgehead atoms. The lowest BCUT2D eigenvalue weighted by Crippen LogP contribution is -2.25. The standard InChI is InChI=1S/C12H15ClN4O2S/c1-9(6-20(2,18)19)16-11-5-3-4-10(13)12(11)17-8-14-7-15-17/h3-5,7-9,16H,6H2,1-2H3. The average molecular weight is 315 g/mol. The molecule has 8 heteroatoms. The Morgan fingerprint density at radius 2 is 2.20 bits per heavy atom. The zero-order valence-corrected chi connectivity index (χ0v) is 12.7. The van der Waals surface area contributed by atoms with E-state index < -0.39 is 9.84 Å². The monoisotopic (exact) mass is 314 g/mol. The lowest BCUT2D eigenvalue weighted by Gasteiger charge is -2.18. The predicted molar refractivity (Wildman–Crippen MR) is 79.2 cm³/mol. The van der Waals surface area contributed by atoms with Gasteiger partial charge in [0.2, 0.25) is 0 Å². The summed E-state index contributed by atoms with van der Waals surface area (Å²) in [5.74, 6) is 0.0380. The van der Waals surface area contributed by atoms with Crippen LogP contribution in [-0.2, 0) is 9.84 Å². The summed E-state index contributed by atoms with van der Waals surface area (Å²) in [6.45, 7) is 1.80. The number of halogens is 1. The number of hydrogen-bond acceptors (Lipinski definition) is 5. The van der Waals surface area contributed by atoms with Crippen LogP contribution in [0.4, 0.5) is 5.69 Å². The molecule has 0 saturated carbocycles. The smallest absolute Gasteiger partial charge is 0.149 e. The van der Waals surface area contributed by atoms with Gasteiger partial charge in [0.15, 0.2) is 0 Å². The summed E-state index contributed by atoms with van der Waals surface area (Å²) in [4.78, 5) is 3.89. The molecule has 2 rings (SSSR count). The highest BCUT2D eigenvalue weighted by atomic mass is 35.5. The Hall–Kier alpha value is -1.60. The van der Waals surface area contributed by atoms with E-state index in [9.17, 15) is 8.42 Å². The van der Waals surface area contributed by atoms with Crippen molar-refractivity contribution in [2.45, 2.75) is 13.0 Å². The van der Waals surface area contributed by atoms with Gasteiger partial charge >= 0.3 is 0 Å². The molecular weight excluding hydrogens is 300 g/mol. The van der Waals surface area contributed by atoms with Crippen LogP contribution in [0.25, 0.3) is 5.69 Å². The summed E-state index contributed by atoms with van der Waals surface area (Å²) >= 11 is 6.19. The van der Waals surface area contributed by atoms with Gasteiger partial charge in [0, 0.05) is 12.3 Å². The molecule has 0 aliphatic rings. The highest BCUT2D eigenvalue weighted by Gasteiger charge is 2.15. The van der Waals surface area contributed by atoms with E-state index in [0.29, 0.717) is 16.4 Å². The molecule has 1 atom stereocenters. The Balaban J connectivity index is 2.31. The maximum atomic E-state index is 11.3. The van der Waals surface area contributed by atoms with E-state index in [-0.39, 0.29) is 11.8 Å². The third-order valence-electron chi connectivity index (χ3n) is 2.59. The summed E-state index contributed by atoms with van der Waals surface area (Å²) in [5, 5.41) is 7.70. The topological polar surface area (TPSA) is 76.9 Å². The first-order valence-corrected chi connectivity index (χ1v) is 8.38. The largest absolute Gasteiger partial charge is 0.380 e. The van der Waals surface area contributed by atoms with Gasteiger partial charge in [-0.3, -0.25) is 0 Å². The van der Waals surface area contributed by atoms with Crippen LogP contribution < -0.4 is 5.32 Å². The van der Waals surface area contributed by atoms with Crippen molar-refractivity contribution >= 4 is 27.1 Å². The number of anilines is 1. The fourth-order valence-electron chi connectivity index (χ4n) is 1.95. The van der Waals surface area contributed by atoms with Gasteiger partial charge in [-0.2, -0.15) is 5.10 Å². The number of hydrogen-bond donors (Lipinski definition) is 1. The molecule has 6 nitrogen and oxygen atoms in total. The average Bonchev–Trinajstić information content (AvgIpc) is 2.79. The minimum Gasteiger partial charge on any atom is -0.380 e. The van der Waals surface area contributed by atoms with Gasteiger partial charge in [0.25, 0.3) is 0 Å². The Bertz CT molecular complexity index is 685. The normalized spacial score (nSPS) is 13.2. The van der Waals surface area contributed by atoms with Crippen molar-refractivity contribution in [2.75, 3.05) is 17.3 Å². The molecule has 108 valence electrons. The molecule has 0 aliphatic carbocycles. The summed E-state index contributed by atoms with van der Waals surface area (Å²) in [6.07, 6.45) is 4.15. The van der Waals surface area contributed by atoms with E-state index in [4.69, 9.17) is 11.6 Å². The van der Waals surface area contributed by atoms with Crippen molar-refractivity contribution in [3.8, 4) is 5.69 Å². The van der Waals surface area contributed by atoms with Crippen LogP contribution in [0, 0.1) is 0 Å². The van der Waals surface area contributed by atoms with E-state index in [1.165, 1.54) is 23.6 Å². The fraction of sp³-hybridized carbons (Fsp3) is 0.333. The minimum absolute atomic E-state index is 0.0380. The van der Waals surface area contributed by atoms with Crippen LogP contribution in [-0.4, -0.2) is 41.2 Å². The molecule has 1 N–H and O–H groups in total. The van der Waals surface area contributed by atoms with Crippen molar-refractivity contribution in [3.05, 3.63) is 35.9 Å². The molecule has 0 aliphatic heterocycles. The number of sulfone groups is 1. The Morgan fingerprint density at radius 1 is 1.45 bits per heavy atom. The summed E-state index contributed by atoms with van der Waals surface area (Å²) in [5.41, 5.74) is 1.35. The number of nitrogens with one attached hydrogen (secondary N) is 1. The quantitative estimate of drug-likeness (QED) is 0.910. The Labute approximate surface area is 122 Å². The summed E-state index contributed by atoms with van der Waals surface area (Å²) < 4.78 is 24.2. The van der Waals surface area contributed by atoms with Crippen LogP contribution in [0.3, 0.4) is 0 Å². The second kappa shape index (κ2) is 5.80. The highest BCUT2D eigenvalue weighted by Crippen LogP contribution is 2.28. The van der Waals surface area contributed by atoms with E-state index in [1.807, 2.05) is 6.07 Å². The lowest BCUT2D eigenvalue weighted by atomic mass is 10.2. The van der Waals surface area contributed by atoms with Gasteiger partial charge < -0.3 is 5.32 Å². The zero-order chi connectivity index (χ0) is 14.8. The molecule has 0 radical (unpaired) electrons. The van der Waals surface area contributed by atoms with Crippen molar-refractivity contribution in [2.24, 2.45) is 0 Å². The third kappa shape index (κ3) is 3.71. The molecule has 20 heavy (non-hydrogen) atoms. The number of rotatable bonds is 5. The zero-order valence-electron chi connectivity index (χ0n) is 11.1. The van der Waals surface area contributed by atoms with Crippen LogP contribution in [0.15, 0.2) is 30.9 Å². The van der Waals surface area contributed by atoms with E-state index in [0.717, 1.165) is 0 Å². The van der Waals surface area contributed by atoms with Gasteiger partial charge in [-0.1, -0.05) is 17.7 Å². The molecule has 2 aromatic rings. The first kappa shape index (κ1) is 14.8. The molecular formula is C12H15ClN4O2S. The summed E-state index contributed by atoms with van der Waals surface area (Å²) in [6, 6.07) is 5.11. The first-order valence-electron chi connectivity index (χ1n) is 5.94. The Morgan fingerprint density at radius 3 is 2.80 bits per heavy atom. The third-order valence-corrected chi connectivity index (χ3v) is 4.00. The molecule has 0 fully saturated rings. The van der Waals surface area contributed by atoms with E-state index >= 15 is 0 Å². The van der Waals surface area contributed by atoms with Crippen molar-refractivity contribution in [1.29, 1.82) is 0 Å². The van der Waals surface area contributed by atoms with Crippen LogP contribution >= 0.6 is 11.6 Å². The van der Waals surface area contributed by atoms with Gasteiger partial charge in [0.05, 0.1) is 16.5 Å². The number of nitrogens with zero attached hydrogens (tertiary/aromatic N) is 3. The molecule has 0 saturated heterocycles. The first-order chi connectivity index (χ1) is 9.37. The molecule has 1 aromatic heterocycles. The lowest BCUT2D eigenvalue weighted by molar-refractivity contribution is 0.598. The second-order valence-corrected chi connectivity index (χ2v) is 7.21. The number of aromatic nitrogens is 3. The van der Waals surface area contributed by atoms with Crippen LogP contribution in [0.5, 0.6) is 0 Å². The SMILES string of the molecule is CC(CS(C)(=O)=O)Nc1cccc(Cl)c1-n1cncn1. The van der Waals surface area contributed by atoms with Crippen LogP contribution in [0.2, 0.25) is 5.02 Å². The Kier molecular flexibility index (Phi) is 4.29. The van der Waals surface area contributed by atoms with Gasteiger partial charge in [-0.05, 0) is 19.1 Å². The van der Waals surface area contributed by atoms with Crippen molar-refractivity contribution in [1.82, 2.24) is 14.8 Å². The van der Waals surface area contributed by atoms with Gasteiger partial charge in [-0.15, -0.1) is 0 Å². The molecule has 1 unspecified atom stereocenters. The minimum atomic E-state index is -3.05. The molecule has 1 aromatic carbocycles. The molecule has 0 amide bonds. The van der Waals surface area contributed by atoms with Crippen molar-refractivity contribution in [3.63, 3.8) is 0 Å². The predicted octanol–water partition coefficient (Wildman–Crippen LogP) is 1.77. The van der Waals surface area contributed by atoms with Crippen LogP contribution in [0.1, 0.15) is 6.92 Å². The second-order valence-electron chi connectivity index (χ2n) is 4.61. The number of para-hydroxylation sites is 1. The molecule has 0 spiro atoms. The number of benzene rings is 1. The summed E-state index contributed by atoms with van der Waals surface area (Å²) in [7, 11) is -3.05. The molecule has 1 heterocycles. The maximum Gasteiger partial charge on any atom is 0.149 e. The van der Waals surface area contributed by atoms with Crippen molar-refractivity contribution < 1.29 is 8.42 Å². The maximum absolute atomic E-state index is 11.3.